The standard InChI is InChI=1S/C7H13BrO2/c1-6(4-3-5-8)7(9)10-2/h6H,3-5H2,1-2H3. The zero-order valence-corrected chi connectivity index (χ0v) is 7.98. The van der Waals surface area contributed by atoms with Crippen LogP contribution in [0.1, 0.15) is 19.8 Å². The van der Waals surface area contributed by atoms with Crippen LogP contribution in [0.3, 0.4) is 0 Å². The summed E-state index contributed by atoms with van der Waals surface area (Å²) < 4.78 is 4.55. The Kier molecular flexibility index (Phi) is 5.69. The van der Waals surface area contributed by atoms with E-state index in [-0.39, 0.29) is 11.9 Å². The smallest absolute Gasteiger partial charge is 0.308 e. The highest BCUT2D eigenvalue weighted by atomic mass is 79.9. The Morgan fingerprint density at radius 3 is 2.70 bits per heavy atom. The summed E-state index contributed by atoms with van der Waals surface area (Å²) in [6.07, 6.45) is 1.92. The van der Waals surface area contributed by atoms with E-state index in [1.807, 2.05) is 6.92 Å². The molecule has 0 aliphatic rings. The number of ether oxygens (including phenoxy) is 1. The second-order valence-corrected chi connectivity index (χ2v) is 3.05. The molecule has 0 aromatic heterocycles. The normalized spacial score (nSPS) is 12.7. The summed E-state index contributed by atoms with van der Waals surface area (Å²) in [5.74, 6) is -0.0662. The first kappa shape index (κ1) is 9.95. The van der Waals surface area contributed by atoms with Gasteiger partial charge in [0.1, 0.15) is 0 Å². The third-order valence-corrected chi connectivity index (χ3v) is 1.94. The number of carbonyl (C=O) groups is 1. The molecule has 0 amide bonds. The van der Waals surface area contributed by atoms with Gasteiger partial charge < -0.3 is 4.74 Å². The van der Waals surface area contributed by atoms with Crippen molar-refractivity contribution in [3.8, 4) is 0 Å². The van der Waals surface area contributed by atoms with E-state index in [9.17, 15) is 4.79 Å². The van der Waals surface area contributed by atoms with Gasteiger partial charge in [-0.3, -0.25) is 4.79 Å². The van der Waals surface area contributed by atoms with Gasteiger partial charge in [-0.2, -0.15) is 0 Å². The van der Waals surface area contributed by atoms with E-state index < -0.39 is 0 Å². The van der Waals surface area contributed by atoms with E-state index in [1.54, 1.807) is 0 Å². The van der Waals surface area contributed by atoms with Crippen LogP contribution in [0, 0.1) is 5.92 Å². The predicted octanol–water partition coefficient (Wildman–Crippen LogP) is 1.97. The maximum absolute atomic E-state index is 10.8. The van der Waals surface area contributed by atoms with Gasteiger partial charge in [-0.1, -0.05) is 22.9 Å². The number of hydrogen-bond donors (Lipinski definition) is 0. The second-order valence-electron chi connectivity index (χ2n) is 2.26. The van der Waals surface area contributed by atoms with Gasteiger partial charge >= 0.3 is 5.97 Å². The van der Waals surface area contributed by atoms with Crippen molar-refractivity contribution in [1.29, 1.82) is 0 Å². The number of alkyl halides is 1. The molecule has 0 N–H and O–H groups in total. The molecule has 0 heterocycles. The number of halogens is 1. The molecule has 60 valence electrons. The first-order valence-electron chi connectivity index (χ1n) is 3.36. The lowest BCUT2D eigenvalue weighted by atomic mass is 10.1. The molecular formula is C7H13BrO2. The van der Waals surface area contributed by atoms with Crippen molar-refractivity contribution in [3.05, 3.63) is 0 Å². The van der Waals surface area contributed by atoms with Gasteiger partial charge in [-0.15, -0.1) is 0 Å². The average Bonchev–Trinajstić information content (AvgIpc) is 1.98. The SMILES string of the molecule is COC(=O)C(C)CCCBr. The molecule has 2 nitrogen and oxygen atoms in total. The number of methoxy groups -OCH3 is 1. The van der Waals surface area contributed by atoms with Crippen LogP contribution < -0.4 is 0 Å². The molecule has 0 spiro atoms. The zero-order valence-electron chi connectivity index (χ0n) is 6.39. The summed E-state index contributed by atoms with van der Waals surface area (Å²) in [4.78, 5) is 10.8. The molecule has 0 saturated carbocycles. The van der Waals surface area contributed by atoms with E-state index in [4.69, 9.17) is 0 Å². The predicted molar refractivity (Wildman–Crippen MR) is 44.2 cm³/mol. The van der Waals surface area contributed by atoms with Crippen molar-refractivity contribution in [1.82, 2.24) is 0 Å². The topological polar surface area (TPSA) is 26.3 Å². The maximum atomic E-state index is 10.8. The van der Waals surface area contributed by atoms with E-state index in [1.165, 1.54) is 7.11 Å². The lowest BCUT2D eigenvalue weighted by Gasteiger charge is -2.06. The highest BCUT2D eigenvalue weighted by Gasteiger charge is 2.11. The van der Waals surface area contributed by atoms with E-state index in [0.717, 1.165) is 18.2 Å². The van der Waals surface area contributed by atoms with Crippen LogP contribution in [0.15, 0.2) is 0 Å². The lowest BCUT2D eigenvalue weighted by Crippen LogP contribution is -2.12. The monoisotopic (exact) mass is 208 g/mol. The second kappa shape index (κ2) is 5.71. The molecule has 0 aromatic rings. The lowest BCUT2D eigenvalue weighted by molar-refractivity contribution is -0.145. The molecule has 0 aliphatic heterocycles. The van der Waals surface area contributed by atoms with Gasteiger partial charge in [0.15, 0.2) is 0 Å². The summed E-state index contributed by atoms with van der Waals surface area (Å²) in [6.45, 7) is 1.88. The Labute approximate surface area is 70.1 Å². The third kappa shape index (κ3) is 3.88. The molecule has 3 heteroatoms. The summed E-state index contributed by atoms with van der Waals surface area (Å²) >= 11 is 3.30. The van der Waals surface area contributed by atoms with E-state index in [0.29, 0.717) is 0 Å². The van der Waals surface area contributed by atoms with Crippen molar-refractivity contribution >= 4 is 21.9 Å². The Hall–Kier alpha value is -0.0500. The average molecular weight is 209 g/mol. The highest BCUT2D eigenvalue weighted by Crippen LogP contribution is 2.07. The molecule has 10 heavy (non-hydrogen) atoms. The number of esters is 1. The van der Waals surface area contributed by atoms with Gasteiger partial charge in [0.2, 0.25) is 0 Å². The molecule has 0 saturated heterocycles. The van der Waals surface area contributed by atoms with Crippen LogP contribution in [-0.2, 0) is 9.53 Å². The molecule has 1 unspecified atom stereocenters. The first-order valence-corrected chi connectivity index (χ1v) is 4.48. The molecule has 0 aliphatic carbocycles. The van der Waals surface area contributed by atoms with Crippen LogP contribution in [0.25, 0.3) is 0 Å². The van der Waals surface area contributed by atoms with Crippen molar-refractivity contribution in [2.24, 2.45) is 5.92 Å². The molecule has 0 rings (SSSR count). The van der Waals surface area contributed by atoms with Crippen LogP contribution >= 0.6 is 15.9 Å². The molecule has 0 aromatic carbocycles. The summed E-state index contributed by atoms with van der Waals surface area (Å²) in [5.41, 5.74) is 0. The summed E-state index contributed by atoms with van der Waals surface area (Å²) in [5, 5.41) is 0.953. The maximum Gasteiger partial charge on any atom is 0.308 e. The quantitative estimate of drug-likeness (QED) is 0.522. The van der Waals surface area contributed by atoms with Gasteiger partial charge in [0.05, 0.1) is 13.0 Å². The van der Waals surface area contributed by atoms with Crippen LogP contribution in [0.2, 0.25) is 0 Å². The largest absolute Gasteiger partial charge is 0.469 e. The van der Waals surface area contributed by atoms with Crippen molar-refractivity contribution in [2.75, 3.05) is 12.4 Å². The fraction of sp³-hybridized carbons (Fsp3) is 0.857. The number of hydrogen-bond acceptors (Lipinski definition) is 2. The first-order chi connectivity index (χ1) is 4.72. The molecular weight excluding hydrogens is 196 g/mol. The van der Waals surface area contributed by atoms with Gasteiger partial charge in [0, 0.05) is 5.33 Å². The van der Waals surface area contributed by atoms with E-state index >= 15 is 0 Å². The summed E-state index contributed by atoms with van der Waals surface area (Å²) in [7, 11) is 1.42. The Morgan fingerprint density at radius 2 is 2.30 bits per heavy atom. The minimum atomic E-state index is -0.110. The van der Waals surface area contributed by atoms with Crippen LogP contribution in [0.5, 0.6) is 0 Å². The fourth-order valence-corrected chi connectivity index (χ4v) is 1.03. The minimum Gasteiger partial charge on any atom is -0.469 e. The Bertz CT molecular complexity index is 104. The van der Waals surface area contributed by atoms with Gasteiger partial charge in [-0.05, 0) is 12.8 Å². The van der Waals surface area contributed by atoms with Gasteiger partial charge in [0.25, 0.3) is 0 Å². The number of carbonyl (C=O) groups excluding carboxylic acids is 1. The third-order valence-electron chi connectivity index (χ3n) is 1.37. The van der Waals surface area contributed by atoms with Crippen LogP contribution in [0.4, 0.5) is 0 Å². The van der Waals surface area contributed by atoms with Crippen molar-refractivity contribution in [3.63, 3.8) is 0 Å². The fourth-order valence-electron chi connectivity index (χ4n) is 0.702. The molecule has 0 fully saturated rings. The highest BCUT2D eigenvalue weighted by molar-refractivity contribution is 9.09. The molecule has 0 bridgehead atoms. The Balaban J connectivity index is 3.41. The molecule has 0 radical (unpaired) electrons. The van der Waals surface area contributed by atoms with E-state index in [2.05, 4.69) is 20.7 Å². The minimum absolute atomic E-state index is 0.0440. The van der Waals surface area contributed by atoms with Crippen molar-refractivity contribution in [2.45, 2.75) is 19.8 Å². The summed E-state index contributed by atoms with van der Waals surface area (Å²) in [6, 6.07) is 0. The zero-order chi connectivity index (χ0) is 7.98. The van der Waals surface area contributed by atoms with Crippen molar-refractivity contribution < 1.29 is 9.53 Å². The van der Waals surface area contributed by atoms with Gasteiger partial charge in [-0.25, -0.2) is 0 Å². The molecule has 1 atom stereocenters. The number of rotatable bonds is 4. The Morgan fingerprint density at radius 1 is 1.70 bits per heavy atom. The van der Waals surface area contributed by atoms with Crippen LogP contribution in [-0.4, -0.2) is 18.4 Å².